The molecule has 0 spiro atoms. The van der Waals surface area contributed by atoms with E-state index in [1.54, 1.807) is 0 Å². The number of allylic oxidation sites excluding steroid dienone is 4. The first-order valence-corrected chi connectivity index (χ1v) is 19.8. The van der Waals surface area contributed by atoms with E-state index in [1.165, 1.54) is 44.5 Å². The van der Waals surface area contributed by atoms with Crippen LogP contribution in [0, 0.1) is 5.92 Å². The molecule has 7 aromatic carbocycles. The third-order valence-corrected chi connectivity index (χ3v) is 11.9. The standard InChI is InChI=1S/C53H38N4/c1-35-26-28-38(29-27-35)51-54-50(37-18-8-3-9-19-37)55-52(56-51)57-48-25-15-14-24-43(48)45-33-47-44(34-49(45)57)42-31-30-39(36-16-6-2-7-17-36)32-46(42)53(47,40-20-10-4-11-21-40)41-22-12-5-13-23-41/h2-26,28-35H,27H2,1H3. The fourth-order valence-electron chi connectivity index (χ4n) is 9.18. The summed E-state index contributed by atoms with van der Waals surface area (Å²) in [6.45, 7) is 2.24. The van der Waals surface area contributed by atoms with Gasteiger partial charge in [0.05, 0.1) is 16.4 Å². The second-order valence-electron chi connectivity index (χ2n) is 15.3. The van der Waals surface area contributed by atoms with Crippen molar-refractivity contribution in [3.8, 4) is 39.6 Å². The highest BCUT2D eigenvalue weighted by molar-refractivity contribution is 6.11. The van der Waals surface area contributed by atoms with Crippen molar-refractivity contribution in [3.05, 3.63) is 222 Å². The molecule has 2 heterocycles. The highest BCUT2D eigenvalue weighted by Crippen LogP contribution is 2.58. The Labute approximate surface area is 332 Å². The highest BCUT2D eigenvalue weighted by Gasteiger charge is 2.46. The smallest absolute Gasteiger partial charge is 0.238 e. The maximum Gasteiger partial charge on any atom is 0.238 e. The van der Waals surface area contributed by atoms with Gasteiger partial charge in [-0.25, -0.2) is 4.98 Å². The second-order valence-corrected chi connectivity index (χ2v) is 15.3. The number of hydrogen-bond acceptors (Lipinski definition) is 3. The van der Waals surface area contributed by atoms with Gasteiger partial charge in [-0.2, -0.15) is 9.97 Å². The van der Waals surface area contributed by atoms with Crippen molar-refractivity contribution >= 4 is 27.4 Å². The molecule has 1 unspecified atom stereocenters. The Morgan fingerprint density at radius 3 is 1.81 bits per heavy atom. The van der Waals surface area contributed by atoms with Gasteiger partial charge in [0.2, 0.25) is 5.95 Å². The Morgan fingerprint density at radius 2 is 1.12 bits per heavy atom. The molecule has 11 rings (SSSR count). The summed E-state index contributed by atoms with van der Waals surface area (Å²) in [7, 11) is 0. The zero-order valence-corrected chi connectivity index (χ0v) is 31.5. The maximum absolute atomic E-state index is 5.28. The number of benzene rings is 7. The summed E-state index contributed by atoms with van der Waals surface area (Å²) in [4.78, 5) is 15.6. The molecule has 9 aromatic rings. The zero-order valence-electron chi connectivity index (χ0n) is 31.5. The minimum absolute atomic E-state index is 0.480. The van der Waals surface area contributed by atoms with E-state index >= 15 is 0 Å². The van der Waals surface area contributed by atoms with Crippen molar-refractivity contribution in [1.82, 2.24) is 19.5 Å². The van der Waals surface area contributed by atoms with E-state index in [0.717, 1.165) is 39.4 Å². The number of hydrogen-bond donors (Lipinski definition) is 0. The molecule has 1 atom stereocenters. The first kappa shape index (κ1) is 33.2. The van der Waals surface area contributed by atoms with Crippen molar-refractivity contribution in [2.45, 2.75) is 18.8 Å². The van der Waals surface area contributed by atoms with Crippen LogP contribution in [0.2, 0.25) is 0 Å². The summed E-state index contributed by atoms with van der Waals surface area (Å²) in [6, 6.07) is 63.6. The molecule has 2 aliphatic carbocycles. The van der Waals surface area contributed by atoms with Gasteiger partial charge in [-0.1, -0.05) is 177 Å². The lowest BCUT2D eigenvalue weighted by molar-refractivity contribution is 0.738. The fraction of sp³-hybridized carbons (Fsp3) is 0.0755. The van der Waals surface area contributed by atoms with Gasteiger partial charge in [0.25, 0.3) is 0 Å². The monoisotopic (exact) mass is 730 g/mol. The van der Waals surface area contributed by atoms with Gasteiger partial charge in [0, 0.05) is 21.9 Å². The predicted octanol–water partition coefficient (Wildman–Crippen LogP) is 12.6. The van der Waals surface area contributed by atoms with Gasteiger partial charge in [0.15, 0.2) is 11.6 Å². The number of aromatic nitrogens is 4. The SMILES string of the molecule is CC1C=CC(c2nc(-c3ccccc3)nc(-n3c4ccccc4c4cc5c(cc43)-c3ccc(-c4ccccc4)cc3C5(c3ccccc3)c3ccccc3)n2)=CC1. The van der Waals surface area contributed by atoms with Crippen LogP contribution in [0.1, 0.15) is 41.4 Å². The van der Waals surface area contributed by atoms with E-state index in [4.69, 9.17) is 15.0 Å². The quantitative estimate of drug-likeness (QED) is 0.171. The van der Waals surface area contributed by atoms with Crippen molar-refractivity contribution in [2.75, 3.05) is 0 Å². The van der Waals surface area contributed by atoms with Gasteiger partial charge in [0.1, 0.15) is 0 Å². The Morgan fingerprint density at radius 1 is 0.509 bits per heavy atom. The van der Waals surface area contributed by atoms with E-state index in [9.17, 15) is 0 Å². The molecule has 4 nitrogen and oxygen atoms in total. The second kappa shape index (κ2) is 13.2. The topological polar surface area (TPSA) is 43.6 Å². The molecular formula is C53H38N4. The molecule has 0 aliphatic heterocycles. The van der Waals surface area contributed by atoms with Crippen LogP contribution in [0.3, 0.4) is 0 Å². The summed E-state index contributed by atoms with van der Waals surface area (Å²) in [5, 5.41) is 2.31. The molecule has 0 radical (unpaired) electrons. The van der Waals surface area contributed by atoms with Crippen LogP contribution in [-0.2, 0) is 5.41 Å². The van der Waals surface area contributed by atoms with Crippen molar-refractivity contribution in [2.24, 2.45) is 5.92 Å². The lowest BCUT2D eigenvalue weighted by Gasteiger charge is -2.34. The summed E-state index contributed by atoms with van der Waals surface area (Å²) >= 11 is 0. The fourth-order valence-corrected chi connectivity index (χ4v) is 9.18. The third kappa shape index (κ3) is 5.25. The average molecular weight is 731 g/mol. The molecule has 2 aromatic heterocycles. The molecule has 0 saturated heterocycles. The Balaban J connectivity index is 1.24. The van der Waals surface area contributed by atoms with Crippen molar-refractivity contribution in [1.29, 1.82) is 0 Å². The summed E-state index contributed by atoms with van der Waals surface area (Å²) < 4.78 is 2.25. The van der Waals surface area contributed by atoms with Gasteiger partial charge < -0.3 is 0 Å². The zero-order chi connectivity index (χ0) is 37.9. The van der Waals surface area contributed by atoms with E-state index in [2.05, 4.69) is 187 Å². The summed E-state index contributed by atoms with van der Waals surface area (Å²) in [5.41, 5.74) is 13.4. The normalized spacial score (nSPS) is 15.4. The van der Waals surface area contributed by atoms with Crippen LogP contribution in [0.4, 0.5) is 0 Å². The first-order valence-electron chi connectivity index (χ1n) is 19.8. The number of fused-ring (bicyclic) bond motifs is 6. The largest absolute Gasteiger partial charge is 0.278 e. The highest BCUT2D eigenvalue weighted by atomic mass is 15.2. The third-order valence-electron chi connectivity index (χ3n) is 11.9. The molecule has 270 valence electrons. The maximum atomic E-state index is 5.28. The number of rotatable bonds is 6. The average Bonchev–Trinajstić information content (AvgIpc) is 3.76. The Bertz CT molecular complexity index is 3000. The van der Waals surface area contributed by atoms with Gasteiger partial charge in [-0.05, 0) is 81.1 Å². The molecule has 0 N–H and O–H groups in total. The van der Waals surface area contributed by atoms with Crippen molar-refractivity contribution < 1.29 is 0 Å². The number of nitrogens with zero attached hydrogens (tertiary/aromatic N) is 4. The van der Waals surface area contributed by atoms with Crippen LogP contribution >= 0.6 is 0 Å². The Kier molecular flexibility index (Phi) is 7.71. The van der Waals surface area contributed by atoms with E-state index < -0.39 is 5.41 Å². The lowest BCUT2D eigenvalue weighted by atomic mass is 9.67. The van der Waals surface area contributed by atoms with E-state index in [0.29, 0.717) is 23.5 Å². The molecule has 0 bridgehead atoms. The molecule has 2 aliphatic rings. The van der Waals surface area contributed by atoms with Crippen LogP contribution in [-0.4, -0.2) is 19.5 Å². The molecule has 0 amide bonds. The lowest BCUT2D eigenvalue weighted by Crippen LogP contribution is -2.28. The van der Waals surface area contributed by atoms with Crippen LogP contribution in [0.15, 0.2) is 194 Å². The Hall–Kier alpha value is -7.17. The van der Waals surface area contributed by atoms with E-state index in [-0.39, 0.29) is 0 Å². The van der Waals surface area contributed by atoms with Crippen LogP contribution in [0.25, 0.3) is 67.0 Å². The van der Waals surface area contributed by atoms with Crippen LogP contribution < -0.4 is 0 Å². The van der Waals surface area contributed by atoms with Gasteiger partial charge in [-0.3, -0.25) is 4.57 Å². The first-order chi connectivity index (χ1) is 28.2. The van der Waals surface area contributed by atoms with Crippen LogP contribution in [0.5, 0.6) is 0 Å². The van der Waals surface area contributed by atoms with Gasteiger partial charge in [-0.15, -0.1) is 0 Å². The summed E-state index contributed by atoms with van der Waals surface area (Å²) in [6.07, 6.45) is 7.61. The minimum Gasteiger partial charge on any atom is -0.278 e. The molecule has 4 heteroatoms. The number of para-hydroxylation sites is 1. The molecular weight excluding hydrogens is 693 g/mol. The minimum atomic E-state index is -0.562. The molecule has 0 saturated carbocycles. The van der Waals surface area contributed by atoms with Crippen molar-refractivity contribution in [3.63, 3.8) is 0 Å². The van der Waals surface area contributed by atoms with Gasteiger partial charge >= 0.3 is 0 Å². The predicted molar refractivity (Wildman–Crippen MR) is 233 cm³/mol. The molecule has 0 fully saturated rings. The summed E-state index contributed by atoms with van der Waals surface area (Å²) in [5.74, 6) is 2.42. The molecule has 57 heavy (non-hydrogen) atoms. The van der Waals surface area contributed by atoms with E-state index in [1.807, 2.05) is 18.2 Å².